The van der Waals surface area contributed by atoms with E-state index in [4.69, 9.17) is 5.73 Å². The van der Waals surface area contributed by atoms with Gasteiger partial charge < -0.3 is 11.1 Å². The third-order valence-corrected chi connectivity index (χ3v) is 3.89. The molecule has 0 aliphatic heterocycles. The Morgan fingerprint density at radius 2 is 1.94 bits per heavy atom. The molecular formula is C13H19BrN2O. The Hall–Kier alpha value is -0.870. The van der Waals surface area contributed by atoms with E-state index in [1.54, 1.807) is 0 Å². The van der Waals surface area contributed by atoms with Crippen LogP contribution in [0.3, 0.4) is 0 Å². The predicted molar refractivity (Wildman–Crippen MR) is 75.1 cm³/mol. The maximum absolute atomic E-state index is 11.8. The summed E-state index contributed by atoms with van der Waals surface area (Å²) in [5, 5.41) is 2.85. The molecule has 0 saturated carbocycles. The Balaban J connectivity index is 2.79. The zero-order chi connectivity index (χ0) is 13.0. The lowest BCUT2D eigenvalue weighted by atomic mass is 10.1. The van der Waals surface area contributed by atoms with Crippen LogP contribution in [-0.2, 0) is 4.79 Å². The van der Waals surface area contributed by atoms with Gasteiger partial charge in [0.25, 0.3) is 0 Å². The van der Waals surface area contributed by atoms with E-state index in [-0.39, 0.29) is 5.91 Å². The number of nitrogens with one attached hydrogen (secondary N) is 1. The van der Waals surface area contributed by atoms with Crippen LogP contribution in [0.1, 0.15) is 30.9 Å². The van der Waals surface area contributed by atoms with E-state index in [0.717, 1.165) is 27.7 Å². The van der Waals surface area contributed by atoms with Gasteiger partial charge in [-0.25, -0.2) is 0 Å². The monoisotopic (exact) mass is 298 g/mol. The highest BCUT2D eigenvalue weighted by Gasteiger charge is 2.13. The SMILES string of the molecule is CCC[C@H](N)C(=O)Nc1cc(C)c(Br)c(C)c1. The number of hydrogen-bond donors (Lipinski definition) is 2. The fourth-order valence-corrected chi connectivity index (χ4v) is 1.92. The van der Waals surface area contributed by atoms with E-state index >= 15 is 0 Å². The van der Waals surface area contributed by atoms with Gasteiger partial charge in [-0.05, 0) is 43.5 Å². The molecule has 94 valence electrons. The Kier molecular flexibility index (Phi) is 5.15. The zero-order valence-corrected chi connectivity index (χ0v) is 12.1. The predicted octanol–water partition coefficient (Wildman–Crippen LogP) is 3.13. The summed E-state index contributed by atoms with van der Waals surface area (Å²) < 4.78 is 1.08. The first-order chi connectivity index (χ1) is 7.95. The lowest BCUT2D eigenvalue weighted by molar-refractivity contribution is -0.117. The average Bonchev–Trinajstić information content (AvgIpc) is 2.26. The molecule has 1 rings (SSSR count). The van der Waals surface area contributed by atoms with Crippen LogP contribution in [0.4, 0.5) is 5.69 Å². The quantitative estimate of drug-likeness (QED) is 0.897. The minimum absolute atomic E-state index is 0.118. The zero-order valence-electron chi connectivity index (χ0n) is 10.5. The summed E-state index contributed by atoms with van der Waals surface area (Å²) in [6, 6.07) is 3.45. The summed E-state index contributed by atoms with van der Waals surface area (Å²) in [6.45, 7) is 6.01. The van der Waals surface area contributed by atoms with Gasteiger partial charge in [0.1, 0.15) is 0 Å². The first-order valence-electron chi connectivity index (χ1n) is 5.79. The van der Waals surface area contributed by atoms with E-state index in [0.29, 0.717) is 6.42 Å². The van der Waals surface area contributed by atoms with Gasteiger partial charge in [0.2, 0.25) is 5.91 Å². The van der Waals surface area contributed by atoms with Crippen molar-refractivity contribution in [1.82, 2.24) is 0 Å². The molecule has 4 heteroatoms. The number of rotatable bonds is 4. The van der Waals surface area contributed by atoms with Gasteiger partial charge in [0.15, 0.2) is 0 Å². The molecule has 0 heterocycles. The summed E-state index contributed by atoms with van der Waals surface area (Å²) in [5.41, 5.74) is 8.77. The van der Waals surface area contributed by atoms with Gasteiger partial charge in [0.05, 0.1) is 6.04 Å². The van der Waals surface area contributed by atoms with Crippen LogP contribution >= 0.6 is 15.9 Å². The standard InChI is InChI=1S/C13H19BrN2O/c1-4-5-11(15)13(17)16-10-6-8(2)12(14)9(3)7-10/h6-7,11H,4-5,15H2,1-3H3,(H,16,17)/t11-/m0/s1. The number of carbonyl (C=O) groups excluding carboxylic acids is 1. The third kappa shape index (κ3) is 3.82. The molecule has 0 aliphatic rings. The first-order valence-corrected chi connectivity index (χ1v) is 6.58. The largest absolute Gasteiger partial charge is 0.325 e. The smallest absolute Gasteiger partial charge is 0.241 e. The van der Waals surface area contributed by atoms with Gasteiger partial charge in [-0.1, -0.05) is 29.3 Å². The number of hydrogen-bond acceptors (Lipinski definition) is 2. The van der Waals surface area contributed by atoms with Crippen molar-refractivity contribution in [1.29, 1.82) is 0 Å². The number of nitrogens with two attached hydrogens (primary N) is 1. The third-order valence-electron chi connectivity index (χ3n) is 2.64. The van der Waals surface area contributed by atoms with E-state index in [9.17, 15) is 4.79 Å². The van der Waals surface area contributed by atoms with Crippen molar-refractivity contribution >= 4 is 27.5 Å². The molecule has 1 aromatic rings. The summed E-state index contributed by atoms with van der Waals surface area (Å²) in [4.78, 5) is 11.8. The second kappa shape index (κ2) is 6.17. The van der Waals surface area contributed by atoms with Crippen molar-refractivity contribution in [3.05, 3.63) is 27.7 Å². The van der Waals surface area contributed by atoms with Gasteiger partial charge in [-0.15, -0.1) is 0 Å². The van der Waals surface area contributed by atoms with Crippen LogP contribution in [-0.4, -0.2) is 11.9 Å². The van der Waals surface area contributed by atoms with Gasteiger partial charge in [0, 0.05) is 10.2 Å². The van der Waals surface area contributed by atoms with E-state index < -0.39 is 6.04 Å². The van der Waals surface area contributed by atoms with Gasteiger partial charge in [-0.2, -0.15) is 0 Å². The maximum Gasteiger partial charge on any atom is 0.241 e. The van der Waals surface area contributed by atoms with Crippen LogP contribution in [0.2, 0.25) is 0 Å². The van der Waals surface area contributed by atoms with Crippen molar-refractivity contribution in [2.24, 2.45) is 5.73 Å². The van der Waals surface area contributed by atoms with Crippen molar-refractivity contribution in [3.63, 3.8) is 0 Å². The average molecular weight is 299 g/mol. The van der Waals surface area contributed by atoms with Crippen molar-refractivity contribution in [2.45, 2.75) is 39.7 Å². The van der Waals surface area contributed by atoms with Gasteiger partial charge >= 0.3 is 0 Å². The number of halogens is 1. The van der Waals surface area contributed by atoms with E-state index in [1.807, 2.05) is 32.9 Å². The highest BCUT2D eigenvalue weighted by Crippen LogP contribution is 2.25. The number of benzene rings is 1. The normalized spacial score (nSPS) is 12.3. The van der Waals surface area contributed by atoms with Crippen LogP contribution < -0.4 is 11.1 Å². The summed E-state index contributed by atoms with van der Waals surface area (Å²) in [5.74, 6) is -0.118. The molecule has 0 radical (unpaired) electrons. The Labute approximate surface area is 111 Å². The molecule has 1 aromatic carbocycles. The highest BCUT2D eigenvalue weighted by atomic mass is 79.9. The van der Waals surface area contributed by atoms with Crippen LogP contribution in [0.25, 0.3) is 0 Å². The topological polar surface area (TPSA) is 55.1 Å². The van der Waals surface area contributed by atoms with E-state index in [2.05, 4.69) is 21.2 Å². The molecule has 3 nitrogen and oxygen atoms in total. The molecule has 0 bridgehead atoms. The molecule has 0 spiro atoms. The summed E-state index contributed by atoms with van der Waals surface area (Å²) in [6.07, 6.45) is 1.62. The molecule has 0 fully saturated rings. The van der Waals surface area contributed by atoms with Crippen LogP contribution in [0, 0.1) is 13.8 Å². The van der Waals surface area contributed by atoms with Crippen LogP contribution in [0.15, 0.2) is 16.6 Å². The highest BCUT2D eigenvalue weighted by molar-refractivity contribution is 9.10. The fraction of sp³-hybridized carbons (Fsp3) is 0.462. The van der Waals surface area contributed by atoms with Crippen molar-refractivity contribution < 1.29 is 4.79 Å². The molecule has 0 unspecified atom stereocenters. The molecule has 1 atom stereocenters. The summed E-state index contributed by atoms with van der Waals surface area (Å²) >= 11 is 3.50. The molecule has 3 N–H and O–H groups in total. The fourth-order valence-electron chi connectivity index (χ4n) is 1.70. The first kappa shape index (κ1) is 14.2. The Morgan fingerprint density at radius 1 is 1.41 bits per heavy atom. The lowest BCUT2D eigenvalue weighted by Crippen LogP contribution is -2.35. The van der Waals surface area contributed by atoms with Gasteiger partial charge in [-0.3, -0.25) is 4.79 Å². The second-order valence-corrected chi connectivity index (χ2v) is 5.10. The molecule has 0 aliphatic carbocycles. The minimum atomic E-state index is -0.427. The van der Waals surface area contributed by atoms with Crippen molar-refractivity contribution in [2.75, 3.05) is 5.32 Å². The Bertz CT molecular complexity index is 395. The lowest BCUT2D eigenvalue weighted by Gasteiger charge is -2.13. The molecule has 0 aromatic heterocycles. The number of aryl methyl sites for hydroxylation is 2. The molecule has 0 saturated heterocycles. The second-order valence-electron chi connectivity index (χ2n) is 4.31. The molecular weight excluding hydrogens is 280 g/mol. The summed E-state index contributed by atoms with van der Waals surface area (Å²) in [7, 11) is 0. The molecule has 1 amide bonds. The number of amides is 1. The number of anilines is 1. The maximum atomic E-state index is 11.8. The number of carbonyl (C=O) groups is 1. The Morgan fingerprint density at radius 3 is 2.41 bits per heavy atom. The van der Waals surface area contributed by atoms with E-state index in [1.165, 1.54) is 0 Å². The van der Waals surface area contributed by atoms with Crippen molar-refractivity contribution in [3.8, 4) is 0 Å². The minimum Gasteiger partial charge on any atom is -0.325 e. The van der Waals surface area contributed by atoms with Crippen LogP contribution in [0.5, 0.6) is 0 Å². The molecule has 17 heavy (non-hydrogen) atoms.